The van der Waals surface area contributed by atoms with E-state index in [9.17, 15) is 4.79 Å². The van der Waals surface area contributed by atoms with Crippen molar-refractivity contribution in [3.8, 4) is 0 Å². The van der Waals surface area contributed by atoms with Crippen LogP contribution in [-0.4, -0.2) is 10.4 Å². The standard InChI is InChI=1S/C15H30OS/c1-4-5-6-7-8-9-10-11-12-13-15(16)17-14(2)3/h14H,4-13H2,1-3H3. The highest BCUT2D eigenvalue weighted by atomic mass is 32.2. The molecule has 0 bridgehead atoms. The van der Waals surface area contributed by atoms with Crippen molar-refractivity contribution >= 4 is 16.9 Å². The van der Waals surface area contributed by atoms with Gasteiger partial charge in [-0.2, -0.15) is 0 Å². The van der Waals surface area contributed by atoms with Gasteiger partial charge in [-0.25, -0.2) is 0 Å². The Hall–Kier alpha value is 0.0200. The average Bonchev–Trinajstić information content (AvgIpc) is 2.26. The second-order valence-electron chi connectivity index (χ2n) is 5.12. The van der Waals surface area contributed by atoms with Crippen LogP contribution in [0.4, 0.5) is 0 Å². The molecule has 102 valence electrons. The monoisotopic (exact) mass is 258 g/mol. The molecule has 0 fully saturated rings. The second-order valence-corrected chi connectivity index (χ2v) is 6.75. The van der Waals surface area contributed by atoms with Crippen LogP contribution in [0, 0.1) is 0 Å². The molecular formula is C15H30OS. The predicted molar refractivity (Wildman–Crippen MR) is 79.6 cm³/mol. The molecule has 1 nitrogen and oxygen atoms in total. The first-order valence-electron chi connectivity index (χ1n) is 7.36. The summed E-state index contributed by atoms with van der Waals surface area (Å²) in [6, 6.07) is 0. The highest BCUT2D eigenvalue weighted by Crippen LogP contribution is 2.16. The van der Waals surface area contributed by atoms with Gasteiger partial charge in [-0.1, -0.05) is 83.9 Å². The van der Waals surface area contributed by atoms with Crippen LogP contribution in [0.3, 0.4) is 0 Å². The molecule has 0 atom stereocenters. The molecule has 0 aromatic heterocycles. The van der Waals surface area contributed by atoms with Gasteiger partial charge >= 0.3 is 0 Å². The van der Waals surface area contributed by atoms with Gasteiger partial charge in [0.1, 0.15) is 0 Å². The zero-order valence-corrected chi connectivity index (χ0v) is 12.8. The summed E-state index contributed by atoms with van der Waals surface area (Å²) in [5, 5.41) is 0.823. The van der Waals surface area contributed by atoms with E-state index in [-0.39, 0.29) is 0 Å². The van der Waals surface area contributed by atoms with E-state index in [1.165, 1.54) is 63.1 Å². The third kappa shape index (κ3) is 14.0. The van der Waals surface area contributed by atoms with E-state index in [4.69, 9.17) is 0 Å². The Bertz CT molecular complexity index is 178. The van der Waals surface area contributed by atoms with Gasteiger partial charge in [0.15, 0.2) is 5.12 Å². The van der Waals surface area contributed by atoms with Gasteiger partial charge in [0, 0.05) is 11.7 Å². The molecule has 0 saturated carbocycles. The Balaban J connectivity index is 3.10. The van der Waals surface area contributed by atoms with Gasteiger partial charge in [0.25, 0.3) is 0 Å². The van der Waals surface area contributed by atoms with Crippen LogP contribution >= 0.6 is 11.8 Å². The average molecular weight is 258 g/mol. The van der Waals surface area contributed by atoms with Crippen molar-refractivity contribution in [2.75, 3.05) is 0 Å². The van der Waals surface area contributed by atoms with E-state index in [0.717, 1.165) is 12.8 Å². The lowest BCUT2D eigenvalue weighted by molar-refractivity contribution is -0.111. The minimum absolute atomic E-state index is 0.378. The predicted octanol–water partition coefficient (Wildman–Crippen LogP) is 5.58. The summed E-state index contributed by atoms with van der Waals surface area (Å²) in [4.78, 5) is 11.4. The van der Waals surface area contributed by atoms with Gasteiger partial charge in [0.05, 0.1) is 0 Å². The molecule has 0 rings (SSSR count). The Kier molecular flexibility index (Phi) is 12.5. The number of carbonyl (C=O) groups is 1. The maximum absolute atomic E-state index is 11.4. The van der Waals surface area contributed by atoms with E-state index in [1.807, 2.05) is 0 Å². The van der Waals surface area contributed by atoms with Crippen molar-refractivity contribution in [3.05, 3.63) is 0 Å². The van der Waals surface area contributed by atoms with Gasteiger partial charge in [-0.3, -0.25) is 4.79 Å². The minimum Gasteiger partial charge on any atom is -0.287 e. The summed E-state index contributed by atoms with van der Waals surface area (Å²) < 4.78 is 0. The van der Waals surface area contributed by atoms with Gasteiger partial charge in [0.2, 0.25) is 0 Å². The summed E-state index contributed by atoms with van der Waals surface area (Å²) in [7, 11) is 0. The smallest absolute Gasteiger partial charge is 0.189 e. The lowest BCUT2D eigenvalue weighted by Gasteiger charge is -2.03. The number of unbranched alkanes of at least 4 members (excludes halogenated alkanes) is 8. The molecule has 0 aliphatic rings. The lowest BCUT2D eigenvalue weighted by Crippen LogP contribution is -1.97. The van der Waals surface area contributed by atoms with Crippen molar-refractivity contribution in [1.82, 2.24) is 0 Å². The molecule has 0 saturated heterocycles. The first-order valence-corrected chi connectivity index (χ1v) is 8.24. The highest BCUT2D eigenvalue weighted by Gasteiger charge is 2.04. The zero-order valence-electron chi connectivity index (χ0n) is 12.0. The van der Waals surface area contributed by atoms with E-state index in [0.29, 0.717) is 10.4 Å². The van der Waals surface area contributed by atoms with Crippen LogP contribution < -0.4 is 0 Å². The zero-order chi connectivity index (χ0) is 12.9. The van der Waals surface area contributed by atoms with Gasteiger partial charge in [-0.05, 0) is 6.42 Å². The van der Waals surface area contributed by atoms with Crippen LogP contribution in [0.15, 0.2) is 0 Å². The molecule has 0 radical (unpaired) electrons. The normalized spacial score (nSPS) is 11.1. The van der Waals surface area contributed by atoms with Crippen molar-refractivity contribution in [1.29, 1.82) is 0 Å². The number of hydrogen-bond donors (Lipinski definition) is 0. The molecule has 0 aromatic carbocycles. The summed E-state index contributed by atoms with van der Waals surface area (Å²) in [5.74, 6) is 0. The van der Waals surface area contributed by atoms with Gasteiger partial charge in [-0.15, -0.1) is 0 Å². The third-order valence-corrected chi connectivity index (χ3v) is 3.79. The first kappa shape index (κ1) is 17.0. The topological polar surface area (TPSA) is 17.1 Å². The molecule has 0 aromatic rings. The fraction of sp³-hybridized carbons (Fsp3) is 0.933. The summed E-state index contributed by atoms with van der Waals surface area (Å²) in [6.45, 7) is 6.42. The van der Waals surface area contributed by atoms with E-state index >= 15 is 0 Å². The fourth-order valence-corrected chi connectivity index (χ4v) is 2.69. The summed E-state index contributed by atoms with van der Waals surface area (Å²) >= 11 is 1.49. The van der Waals surface area contributed by atoms with Gasteiger partial charge < -0.3 is 0 Å². The van der Waals surface area contributed by atoms with Crippen molar-refractivity contribution in [2.45, 2.75) is 90.2 Å². The van der Waals surface area contributed by atoms with Crippen LogP contribution in [0.2, 0.25) is 0 Å². The Morgan fingerprint density at radius 2 is 1.35 bits per heavy atom. The molecular weight excluding hydrogens is 228 g/mol. The molecule has 0 aliphatic carbocycles. The molecule has 0 amide bonds. The molecule has 17 heavy (non-hydrogen) atoms. The van der Waals surface area contributed by atoms with E-state index < -0.39 is 0 Å². The maximum atomic E-state index is 11.4. The number of rotatable bonds is 11. The molecule has 2 heteroatoms. The van der Waals surface area contributed by atoms with Crippen LogP contribution in [0.25, 0.3) is 0 Å². The molecule has 0 aliphatic heterocycles. The molecule has 0 N–H and O–H groups in total. The van der Waals surface area contributed by atoms with Crippen molar-refractivity contribution in [3.63, 3.8) is 0 Å². The fourth-order valence-electron chi connectivity index (χ4n) is 1.90. The Morgan fingerprint density at radius 1 is 0.882 bits per heavy atom. The minimum atomic E-state index is 0.378. The summed E-state index contributed by atoms with van der Waals surface area (Å²) in [5.41, 5.74) is 0. The van der Waals surface area contributed by atoms with E-state index in [2.05, 4.69) is 20.8 Å². The first-order chi connectivity index (χ1) is 8.16. The SMILES string of the molecule is CCCCCCCCCCCC(=O)SC(C)C. The largest absolute Gasteiger partial charge is 0.287 e. The maximum Gasteiger partial charge on any atom is 0.189 e. The molecule has 0 spiro atoms. The van der Waals surface area contributed by atoms with Crippen molar-refractivity contribution < 1.29 is 4.79 Å². The number of thioether (sulfide) groups is 1. The molecule has 0 unspecified atom stereocenters. The number of carbonyl (C=O) groups excluding carboxylic acids is 1. The van der Waals surface area contributed by atoms with Crippen LogP contribution in [0.5, 0.6) is 0 Å². The second kappa shape index (κ2) is 12.5. The highest BCUT2D eigenvalue weighted by molar-refractivity contribution is 8.14. The quantitative estimate of drug-likeness (QED) is 0.450. The Labute approximate surface area is 112 Å². The lowest BCUT2D eigenvalue weighted by atomic mass is 10.1. The summed E-state index contributed by atoms with van der Waals surface area (Å²) in [6.07, 6.45) is 12.7. The molecule has 0 heterocycles. The number of hydrogen-bond acceptors (Lipinski definition) is 2. The third-order valence-electron chi connectivity index (χ3n) is 2.85. The van der Waals surface area contributed by atoms with E-state index in [1.54, 1.807) is 0 Å². The van der Waals surface area contributed by atoms with Crippen molar-refractivity contribution in [2.24, 2.45) is 0 Å². The Morgan fingerprint density at radius 3 is 1.82 bits per heavy atom. The van der Waals surface area contributed by atoms with Crippen LogP contribution in [-0.2, 0) is 4.79 Å². The van der Waals surface area contributed by atoms with Crippen LogP contribution in [0.1, 0.15) is 85.0 Å².